The van der Waals surface area contributed by atoms with Crippen LogP contribution in [0.15, 0.2) is 24.3 Å². The second-order valence-corrected chi connectivity index (χ2v) is 8.12. The first-order chi connectivity index (χ1) is 13.3. The zero-order valence-electron chi connectivity index (χ0n) is 17.9. The van der Waals surface area contributed by atoms with Crippen LogP contribution in [0.25, 0.3) is 0 Å². The van der Waals surface area contributed by atoms with Gasteiger partial charge < -0.3 is 5.73 Å². The van der Waals surface area contributed by atoms with Crippen molar-refractivity contribution in [3.8, 4) is 0 Å². The van der Waals surface area contributed by atoms with Crippen LogP contribution in [0.1, 0.15) is 121 Å². The lowest BCUT2D eigenvalue weighted by Gasteiger charge is -2.08. The lowest BCUT2D eigenvalue weighted by atomic mass is 9.99. The standard InChI is InChI=1S/C25H44N2/c1-2-3-4-5-6-7-8-9-10-11-12-13-14-15-16-17-20-23-21-18-19-22-24(23)25(26)27/h18-19,21-22H,2-17,20H2,1H3,(H3,26,27). The third kappa shape index (κ3) is 12.7. The van der Waals surface area contributed by atoms with Gasteiger partial charge in [0.1, 0.15) is 5.84 Å². The van der Waals surface area contributed by atoms with E-state index in [0.717, 1.165) is 12.0 Å². The molecule has 0 bridgehead atoms. The molecule has 0 aliphatic carbocycles. The molecule has 0 unspecified atom stereocenters. The van der Waals surface area contributed by atoms with Crippen LogP contribution in [0.3, 0.4) is 0 Å². The fourth-order valence-electron chi connectivity index (χ4n) is 3.86. The highest BCUT2D eigenvalue weighted by molar-refractivity contribution is 5.96. The molecule has 27 heavy (non-hydrogen) atoms. The molecule has 0 radical (unpaired) electrons. The first-order valence-corrected chi connectivity index (χ1v) is 11.7. The van der Waals surface area contributed by atoms with Crippen molar-refractivity contribution in [2.24, 2.45) is 5.73 Å². The summed E-state index contributed by atoms with van der Waals surface area (Å²) < 4.78 is 0. The number of aryl methyl sites for hydroxylation is 1. The molecule has 1 rings (SSSR count). The van der Waals surface area contributed by atoms with Crippen LogP contribution in [-0.2, 0) is 6.42 Å². The molecule has 1 aromatic carbocycles. The van der Waals surface area contributed by atoms with Crippen molar-refractivity contribution in [3.05, 3.63) is 35.4 Å². The minimum Gasteiger partial charge on any atom is -0.384 e. The van der Waals surface area contributed by atoms with E-state index in [4.69, 9.17) is 11.1 Å². The van der Waals surface area contributed by atoms with Gasteiger partial charge in [0.25, 0.3) is 0 Å². The molecular weight excluding hydrogens is 328 g/mol. The van der Waals surface area contributed by atoms with E-state index in [0.29, 0.717) is 0 Å². The quantitative estimate of drug-likeness (QED) is 0.154. The molecule has 0 fully saturated rings. The fourth-order valence-corrected chi connectivity index (χ4v) is 3.86. The van der Waals surface area contributed by atoms with Gasteiger partial charge >= 0.3 is 0 Å². The van der Waals surface area contributed by atoms with Gasteiger partial charge in [-0.05, 0) is 18.4 Å². The summed E-state index contributed by atoms with van der Waals surface area (Å²) >= 11 is 0. The van der Waals surface area contributed by atoms with Crippen molar-refractivity contribution in [1.29, 1.82) is 5.41 Å². The predicted octanol–water partition coefficient (Wildman–Crippen LogP) is 7.77. The van der Waals surface area contributed by atoms with Gasteiger partial charge in [0.2, 0.25) is 0 Å². The highest BCUT2D eigenvalue weighted by atomic mass is 14.7. The van der Waals surface area contributed by atoms with E-state index in [-0.39, 0.29) is 5.84 Å². The van der Waals surface area contributed by atoms with Crippen molar-refractivity contribution in [2.75, 3.05) is 0 Å². The molecule has 0 saturated heterocycles. The first-order valence-electron chi connectivity index (χ1n) is 11.7. The second-order valence-electron chi connectivity index (χ2n) is 8.12. The van der Waals surface area contributed by atoms with Crippen molar-refractivity contribution >= 4 is 5.84 Å². The topological polar surface area (TPSA) is 49.9 Å². The molecule has 0 saturated carbocycles. The molecule has 0 atom stereocenters. The molecule has 0 aliphatic heterocycles. The Morgan fingerprint density at radius 3 is 1.52 bits per heavy atom. The molecular formula is C25H44N2. The number of unbranched alkanes of at least 4 members (excludes halogenated alkanes) is 15. The van der Waals surface area contributed by atoms with Gasteiger partial charge in [0.15, 0.2) is 0 Å². The van der Waals surface area contributed by atoms with Crippen LogP contribution >= 0.6 is 0 Å². The number of nitrogen functional groups attached to an aromatic ring is 1. The summed E-state index contributed by atoms with van der Waals surface area (Å²) in [5.74, 6) is 0.196. The Labute approximate surface area is 168 Å². The maximum Gasteiger partial charge on any atom is 0.123 e. The summed E-state index contributed by atoms with van der Waals surface area (Å²) in [4.78, 5) is 0. The Hall–Kier alpha value is -1.31. The van der Waals surface area contributed by atoms with E-state index < -0.39 is 0 Å². The monoisotopic (exact) mass is 372 g/mol. The lowest BCUT2D eigenvalue weighted by molar-refractivity contribution is 0.529. The second kappa shape index (κ2) is 16.8. The Morgan fingerprint density at radius 2 is 1.07 bits per heavy atom. The molecule has 154 valence electrons. The predicted molar refractivity (Wildman–Crippen MR) is 121 cm³/mol. The first kappa shape index (κ1) is 23.7. The molecule has 0 heterocycles. The van der Waals surface area contributed by atoms with Crippen molar-refractivity contribution in [3.63, 3.8) is 0 Å². The van der Waals surface area contributed by atoms with E-state index in [1.165, 1.54) is 108 Å². The lowest BCUT2D eigenvalue weighted by Crippen LogP contribution is -2.13. The van der Waals surface area contributed by atoms with Gasteiger partial charge in [0.05, 0.1) is 0 Å². The summed E-state index contributed by atoms with van der Waals surface area (Å²) in [5.41, 5.74) is 7.81. The average molecular weight is 373 g/mol. The maximum absolute atomic E-state index is 7.65. The third-order valence-electron chi connectivity index (χ3n) is 5.61. The van der Waals surface area contributed by atoms with Crippen molar-refractivity contribution < 1.29 is 0 Å². The smallest absolute Gasteiger partial charge is 0.123 e. The highest BCUT2D eigenvalue weighted by Gasteiger charge is 2.03. The number of nitrogens with two attached hydrogens (primary N) is 1. The van der Waals surface area contributed by atoms with E-state index in [2.05, 4.69) is 13.0 Å². The summed E-state index contributed by atoms with van der Waals surface area (Å²) in [6, 6.07) is 8.09. The van der Waals surface area contributed by atoms with Crippen LogP contribution in [0.5, 0.6) is 0 Å². The summed E-state index contributed by atoms with van der Waals surface area (Å²) in [7, 11) is 0. The van der Waals surface area contributed by atoms with Crippen molar-refractivity contribution in [1.82, 2.24) is 0 Å². The number of amidine groups is 1. The van der Waals surface area contributed by atoms with Gasteiger partial charge in [-0.15, -0.1) is 0 Å². The molecule has 2 heteroatoms. The molecule has 2 nitrogen and oxygen atoms in total. The van der Waals surface area contributed by atoms with E-state index >= 15 is 0 Å². The maximum atomic E-state index is 7.65. The number of hydrogen-bond acceptors (Lipinski definition) is 1. The highest BCUT2D eigenvalue weighted by Crippen LogP contribution is 2.15. The normalized spacial score (nSPS) is 11.0. The third-order valence-corrected chi connectivity index (χ3v) is 5.61. The van der Waals surface area contributed by atoms with Crippen LogP contribution in [-0.4, -0.2) is 5.84 Å². The summed E-state index contributed by atoms with van der Waals surface area (Å²) in [6.45, 7) is 2.29. The Kier molecular flexibility index (Phi) is 14.8. The summed E-state index contributed by atoms with van der Waals surface area (Å²) in [6.07, 6.45) is 23.5. The summed E-state index contributed by atoms with van der Waals surface area (Å²) in [5, 5.41) is 7.65. The molecule has 0 amide bonds. The fraction of sp³-hybridized carbons (Fsp3) is 0.720. The molecule has 0 aliphatic rings. The van der Waals surface area contributed by atoms with Crippen molar-refractivity contribution in [2.45, 2.75) is 116 Å². The van der Waals surface area contributed by atoms with Crippen LogP contribution in [0, 0.1) is 5.41 Å². The van der Waals surface area contributed by atoms with Crippen LogP contribution < -0.4 is 5.73 Å². The van der Waals surface area contributed by atoms with Gasteiger partial charge in [0, 0.05) is 5.56 Å². The number of hydrogen-bond donors (Lipinski definition) is 2. The molecule has 0 aromatic heterocycles. The minimum absolute atomic E-state index is 0.196. The van der Waals surface area contributed by atoms with Crippen LogP contribution in [0.2, 0.25) is 0 Å². The van der Waals surface area contributed by atoms with Gasteiger partial charge in [-0.3, -0.25) is 5.41 Å². The van der Waals surface area contributed by atoms with Gasteiger partial charge in [-0.1, -0.05) is 128 Å². The SMILES string of the molecule is CCCCCCCCCCCCCCCCCCc1ccccc1C(=N)N. The average Bonchev–Trinajstić information content (AvgIpc) is 2.68. The zero-order chi connectivity index (χ0) is 19.6. The Bertz CT molecular complexity index is 481. The Balaban J connectivity index is 1.85. The Morgan fingerprint density at radius 1 is 0.667 bits per heavy atom. The zero-order valence-corrected chi connectivity index (χ0v) is 17.9. The van der Waals surface area contributed by atoms with Gasteiger partial charge in [-0.25, -0.2) is 0 Å². The number of nitrogens with one attached hydrogen (secondary N) is 1. The van der Waals surface area contributed by atoms with E-state index in [9.17, 15) is 0 Å². The molecule has 3 N–H and O–H groups in total. The number of benzene rings is 1. The minimum atomic E-state index is 0.196. The molecule has 1 aromatic rings. The van der Waals surface area contributed by atoms with Crippen LogP contribution in [0.4, 0.5) is 0 Å². The number of rotatable bonds is 18. The van der Waals surface area contributed by atoms with E-state index in [1.54, 1.807) is 0 Å². The molecule has 0 spiro atoms. The van der Waals surface area contributed by atoms with E-state index in [1.807, 2.05) is 18.2 Å². The van der Waals surface area contributed by atoms with Gasteiger partial charge in [-0.2, -0.15) is 0 Å². The largest absolute Gasteiger partial charge is 0.384 e.